The molecule has 0 unspecified atom stereocenters. The maximum absolute atomic E-state index is 10.5. The number of nitrogens with zero attached hydrogens (tertiary/aromatic N) is 4. The van der Waals surface area contributed by atoms with E-state index in [9.17, 15) is 10.4 Å². The summed E-state index contributed by atoms with van der Waals surface area (Å²) < 4.78 is 2.74. The number of fused-ring (bicyclic) bond motifs is 1. The smallest absolute Gasteiger partial charge is 0.184 e. The molecule has 0 amide bonds. The topological polar surface area (TPSA) is 90.5 Å². The first-order valence-electron chi connectivity index (χ1n) is 8.42. The molecular formula is C19H11Cl2N5OS3. The number of aliphatic hydroxyl groups excluding tert-OH is 1. The van der Waals surface area contributed by atoms with E-state index >= 15 is 0 Å². The summed E-state index contributed by atoms with van der Waals surface area (Å²) in [5.74, 6) is 0.374. The zero-order valence-corrected chi connectivity index (χ0v) is 18.9. The number of nitriles is 1. The molecule has 11 heteroatoms. The van der Waals surface area contributed by atoms with Crippen molar-refractivity contribution in [2.75, 3.05) is 5.75 Å². The van der Waals surface area contributed by atoms with E-state index in [2.05, 4.69) is 15.1 Å². The van der Waals surface area contributed by atoms with Crippen LogP contribution in [0, 0.1) is 15.3 Å². The Bertz CT molecular complexity index is 1350. The van der Waals surface area contributed by atoms with Gasteiger partial charge in [0.25, 0.3) is 0 Å². The van der Waals surface area contributed by atoms with Crippen molar-refractivity contribution in [1.29, 1.82) is 5.26 Å². The number of aliphatic hydroxyl groups is 1. The third-order valence-electron chi connectivity index (χ3n) is 4.04. The number of H-pyrrole nitrogens is 1. The largest absolute Gasteiger partial charge is 0.510 e. The molecule has 4 rings (SSSR count). The summed E-state index contributed by atoms with van der Waals surface area (Å²) in [6.45, 7) is 0. The van der Waals surface area contributed by atoms with E-state index < -0.39 is 0 Å². The lowest BCUT2D eigenvalue weighted by Crippen LogP contribution is -1.97. The Morgan fingerprint density at radius 3 is 2.80 bits per heavy atom. The quantitative estimate of drug-likeness (QED) is 0.144. The number of benzene rings is 2. The molecule has 4 aromatic rings. The Hall–Kier alpha value is -2.35. The van der Waals surface area contributed by atoms with Crippen LogP contribution < -0.4 is 0 Å². The molecular weight excluding hydrogens is 481 g/mol. The number of aromatic nitrogens is 4. The lowest BCUT2D eigenvalue weighted by Gasteiger charge is -2.03. The maximum atomic E-state index is 10.5. The van der Waals surface area contributed by atoms with Crippen LogP contribution in [0.25, 0.3) is 22.3 Å². The first-order chi connectivity index (χ1) is 14.5. The molecule has 0 atom stereocenters. The molecule has 150 valence electrons. The van der Waals surface area contributed by atoms with E-state index in [4.69, 9.17) is 35.4 Å². The van der Waals surface area contributed by atoms with Gasteiger partial charge >= 0.3 is 0 Å². The summed E-state index contributed by atoms with van der Waals surface area (Å²) >= 11 is 20.0. The zero-order valence-electron chi connectivity index (χ0n) is 15.0. The normalized spacial score (nSPS) is 12.0. The lowest BCUT2D eigenvalue weighted by molar-refractivity contribution is 0.420. The average Bonchev–Trinajstić information content (AvgIpc) is 3.32. The second-order valence-corrected chi connectivity index (χ2v) is 9.63. The molecule has 2 aromatic heterocycles. The van der Waals surface area contributed by atoms with Gasteiger partial charge in [-0.15, -0.1) is 5.10 Å². The number of hydrogen-bond acceptors (Lipinski definition) is 7. The minimum Gasteiger partial charge on any atom is -0.510 e. The minimum absolute atomic E-state index is 0.0891. The van der Waals surface area contributed by atoms with Crippen molar-refractivity contribution in [3.05, 3.63) is 68.0 Å². The number of hydrogen-bond donors (Lipinski definition) is 2. The van der Waals surface area contributed by atoms with Crippen LogP contribution in [0.4, 0.5) is 0 Å². The molecule has 0 bridgehead atoms. The van der Waals surface area contributed by atoms with Gasteiger partial charge in [0.15, 0.2) is 14.1 Å². The van der Waals surface area contributed by atoms with Gasteiger partial charge in [-0.1, -0.05) is 58.4 Å². The number of allylic oxidation sites excluding steroid dienone is 1. The van der Waals surface area contributed by atoms with Crippen LogP contribution in [-0.4, -0.2) is 30.6 Å². The van der Waals surface area contributed by atoms with Crippen LogP contribution in [0.1, 0.15) is 5.82 Å². The van der Waals surface area contributed by atoms with Crippen molar-refractivity contribution in [2.45, 2.75) is 4.34 Å². The molecule has 2 N–H and O–H groups in total. The number of aromatic amines is 1. The Morgan fingerprint density at radius 2 is 2.07 bits per heavy atom. The van der Waals surface area contributed by atoms with Gasteiger partial charge in [0.1, 0.15) is 17.4 Å². The fourth-order valence-electron chi connectivity index (χ4n) is 2.63. The highest BCUT2D eigenvalue weighted by Gasteiger charge is 2.15. The molecule has 6 nitrogen and oxygen atoms in total. The Kier molecular flexibility index (Phi) is 6.13. The minimum atomic E-state index is -0.0937. The average molecular weight is 492 g/mol. The molecule has 0 saturated heterocycles. The van der Waals surface area contributed by atoms with Gasteiger partial charge in [0, 0.05) is 0 Å². The summed E-state index contributed by atoms with van der Waals surface area (Å²) in [4.78, 5) is 7.42. The molecule has 0 aliphatic carbocycles. The van der Waals surface area contributed by atoms with Crippen molar-refractivity contribution in [3.63, 3.8) is 0 Å². The van der Waals surface area contributed by atoms with Gasteiger partial charge in [0.05, 0.1) is 32.5 Å². The summed E-state index contributed by atoms with van der Waals surface area (Å²) in [5, 5.41) is 25.3. The van der Waals surface area contributed by atoms with E-state index in [0.29, 0.717) is 29.9 Å². The molecule has 0 aliphatic rings. The van der Waals surface area contributed by atoms with Crippen LogP contribution in [0.15, 0.2) is 52.6 Å². The zero-order chi connectivity index (χ0) is 21.3. The first-order valence-corrected chi connectivity index (χ1v) is 11.4. The highest BCUT2D eigenvalue weighted by molar-refractivity contribution is 8.01. The fourth-order valence-corrected chi connectivity index (χ4v) is 5.16. The Labute approximate surface area is 194 Å². The van der Waals surface area contributed by atoms with Crippen molar-refractivity contribution >= 4 is 75.1 Å². The number of thioether (sulfide) groups is 1. The van der Waals surface area contributed by atoms with Gasteiger partial charge in [0.2, 0.25) is 0 Å². The van der Waals surface area contributed by atoms with Crippen molar-refractivity contribution in [3.8, 4) is 11.8 Å². The molecule has 0 fully saturated rings. The van der Waals surface area contributed by atoms with Crippen LogP contribution in [0.2, 0.25) is 10.0 Å². The predicted molar refractivity (Wildman–Crippen MR) is 124 cm³/mol. The number of nitrogens with one attached hydrogen (secondary N) is 1. The van der Waals surface area contributed by atoms with E-state index in [1.54, 1.807) is 22.9 Å². The molecule has 0 saturated carbocycles. The number of halogens is 2. The summed E-state index contributed by atoms with van der Waals surface area (Å²) in [5.41, 5.74) is 2.29. The Balaban J connectivity index is 1.57. The van der Waals surface area contributed by atoms with E-state index in [1.165, 1.54) is 23.1 Å². The van der Waals surface area contributed by atoms with Crippen molar-refractivity contribution in [1.82, 2.24) is 19.7 Å². The first kappa shape index (κ1) is 20.9. The molecule has 2 heterocycles. The molecule has 0 radical (unpaired) electrons. The number of rotatable bonds is 5. The third kappa shape index (κ3) is 4.24. The summed E-state index contributed by atoms with van der Waals surface area (Å²) in [7, 11) is 0. The standard InChI is InChI=1S/C19H11Cl2N5OS3/c20-12-6-5-10(7-13(12)21)26-19(28)30-18(25-26)29-9-16(27)11(8-22)17-23-14-3-1-2-4-15(14)24-17/h1-7,27H,9H2,(H,23,24). The molecule has 0 spiro atoms. The van der Waals surface area contributed by atoms with Gasteiger partial charge < -0.3 is 10.1 Å². The van der Waals surface area contributed by atoms with Crippen molar-refractivity contribution < 1.29 is 5.11 Å². The Morgan fingerprint density at radius 1 is 1.27 bits per heavy atom. The highest BCUT2D eigenvalue weighted by Crippen LogP contribution is 2.29. The lowest BCUT2D eigenvalue weighted by atomic mass is 10.2. The molecule has 2 aromatic carbocycles. The second-order valence-electron chi connectivity index (χ2n) is 5.97. The maximum Gasteiger partial charge on any atom is 0.184 e. The van der Waals surface area contributed by atoms with E-state index in [0.717, 1.165) is 11.0 Å². The summed E-state index contributed by atoms with van der Waals surface area (Å²) in [6.07, 6.45) is 0. The molecule has 0 aliphatic heterocycles. The van der Waals surface area contributed by atoms with Crippen LogP contribution in [0.5, 0.6) is 0 Å². The summed E-state index contributed by atoms with van der Waals surface area (Å²) in [6, 6.07) is 14.6. The third-order valence-corrected chi connectivity index (χ3v) is 7.15. The van der Waals surface area contributed by atoms with E-state index in [-0.39, 0.29) is 17.1 Å². The van der Waals surface area contributed by atoms with Crippen LogP contribution >= 0.6 is 58.5 Å². The number of imidazole rings is 1. The van der Waals surface area contributed by atoms with Gasteiger partial charge in [-0.3, -0.25) is 0 Å². The van der Waals surface area contributed by atoms with E-state index in [1.807, 2.05) is 30.3 Å². The van der Waals surface area contributed by atoms with Gasteiger partial charge in [-0.25, -0.2) is 9.67 Å². The monoisotopic (exact) mass is 491 g/mol. The highest BCUT2D eigenvalue weighted by atomic mass is 35.5. The molecule has 30 heavy (non-hydrogen) atoms. The second kappa shape index (κ2) is 8.79. The van der Waals surface area contributed by atoms with Gasteiger partial charge in [-0.2, -0.15) is 5.26 Å². The predicted octanol–water partition coefficient (Wildman–Crippen LogP) is 6.43. The van der Waals surface area contributed by atoms with Gasteiger partial charge in [-0.05, 0) is 42.5 Å². The van der Waals surface area contributed by atoms with Crippen LogP contribution in [-0.2, 0) is 0 Å². The fraction of sp³-hybridized carbons (Fsp3) is 0.0526. The number of para-hydroxylation sites is 2. The van der Waals surface area contributed by atoms with Crippen molar-refractivity contribution in [2.24, 2.45) is 0 Å². The SMILES string of the molecule is N#CC(=C(O)CSc1nn(-c2ccc(Cl)c(Cl)c2)c(=S)s1)c1nc2ccccc2[nH]1. The van der Waals surface area contributed by atoms with Crippen LogP contribution in [0.3, 0.4) is 0 Å².